The fraction of sp³-hybridized carbons (Fsp3) is 0.182. The van der Waals surface area contributed by atoms with E-state index < -0.39 is 0 Å². The van der Waals surface area contributed by atoms with E-state index in [1.54, 1.807) is 18.9 Å². The van der Waals surface area contributed by atoms with Crippen LogP contribution in [-0.4, -0.2) is 34.2 Å². The first-order valence-corrected chi connectivity index (χ1v) is 11.1. The molecule has 0 spiro atoms. The average Bonchev–Trinajstić information content (AvgIpc) is 3.38. The highest BCUT2D eigenvalue weighted by molar-refractivity contribution is 9.10. The molecule has 2 heterocycles. The van der Waals surface area contributed by atoms with E-state index in [-0.39, 0.29) is 0 Å². The monoisotopic (exact) mass is 485 g/mol. The lowest BCUT2D eigenvalue weighted by atomic mass is 10.2. The van der Waals surface area contributed by atoms with Crippen LogP contribution in [0.25, 0.3) is 11.6 Å². The Labute approximate surface area is 187 Å². The maximum atomic E-state index is 5.82. The van der Waals surface area contributed by atoms with Crippen molar-refractivity contribution in [3.8, 4) is 23.1 Å². The summed E-state index contributed by atoms with van der Waals surface area (Å²) >= 11 is 4.96. The fourth-order valence-corrected chi connectivity index (χ4v) is 3.95. The molecule has 2 aromatic carbocycles. The van der Waals surface area contributed by atoms with Crippen molar-refractivity contribution in [2.75, 3.05) is 19.5 Å². The number of hydrogen-bond acceptors (Lipinski definition) is 6. The largest absolute Gasteiger partial charge is 0.497 e. The van der Waals surface area contributed by atoms with Gasteiger partial charge in [0.05, 0.1) is 20.3 Å². The molecule has 4 rings (SSSR count). The Morgan fingerprint density at radius 2 is 1.73 bits per heavy atom. The van der Waals surface area contributed by atoms with E-state index in [1.165, 1.54) is 5.56 Å². The highest BCUT2D eigenvalue weighted by Gasteiger charge is 2.17. The van der Waals surface area contributed by atoms with Crippen molar-refractivity contribution in [3.05, 3.63) is 77.0 Å². The molecule has 0 saturated heterocycles. The quantitative estimate of drug-likeness (QED) is 0.229. The molecule has 6 nitrogen and oxygen atoms in total. The zero-order chi connectivity index (χ0) is 20.8. The summed E-state index contributed by atoms with van der Waals surface area (Å²) < 4.78 is 19.4. The second-order valence-corrected chi connectivity index (χ2v) is 8.20. The maximum Gasteiger partial charge on any atom is 0.200 e. The molecule has 0 amide bonds. The number of rotatable bonds is 9. The van der Waals surface area contributed by atoms with Gasteiger partial charge in [0.1, 0.15) is 11.5 Å². The lowest BCUT2D eigenvalue weighted by molar-refractivity contribution is 0.342. The third-order valence-electron chi connectivity index (χ3n) is 4.34. The highest BCUT2D eigenvalue weighted by Crippen LogP contribution is 2.28. The number of benzene rings is 2. The summed E-state index contributed by atoms with van der Waals surface area (Å²) in [6.07, 6.45) is 0. The number of aromatic nitrogens is 3. The van der Waals surface area contributed by atoms with E-state index in [0.717, 1.165) is 22.4 Å². The SMILES string of the molecule is COc1ccc(OCCSc2nnc(-c3ccc(Br)o3)n2Cc2ccccc2)cc1. The summed E-state index contributed by atoms with van der Waals surface area (Å²) in [5, 5.41) is 9.59. The lowest BCUT2D eigenvalue weighted by Gasteiger charge is -2.10. The smallest absolute Gasteiger partial charge is 0.200 e. The van der Waals surface area contributed by atoms with Gasteiger partial charge in [-0.15, -0.1) is 10.2 Å². The lowest BCUT2D eigenvalue weighted by Crippen LogP contribution is -2.06. The van der Waals surface area contributed by atoms with Crippen LogP contribution in [0, 0.1) is 0 Å². The second-order valence-electron chi connectivity index (χ2n) is 6.35. The Morgan fingerprint density at radius 1 is 0.967 bits per heavy atom. The summed E-state index contributed by atoms with van der Waals surface area (Å²) in [4.78, 5) is 0. The van der Waals surface area contributed by atoms with Crippen molar-refractivity contribution in [3.63, 3.8) is 0 Å². The summed E-state index contributed by atoms with van der Waals surface area (Å²) in [6.45, 7) is 1.21. The predicted octanol–water partition coefficient (Wildman–Crippen LogP) is 5.53. The van der Waals surface area contributed by atoms with Gasteiger partial charge in [0.25, 0.3) is 0 Å². The Balaban J connectivity index is 1.45. The minimum Gasteiger partial charge on any atom is -0.497 e. The zero-order valence-corrected chi connectivity index (χ0v) is 18.7. The molecule has 4 aromatic rings. The van der Waals surface area contributed by atoms with Crippen LogP contribution in [0.5, 0.6) is 11.5 Å². The molecule has 0 aliphatic rings. The zero-order valence-electron chi connectivity index (χ0n) is 16.3. The summed E-state index contributed by atoms with van der Waals surface area (Å²) in [6, 6.07) is 21.5. The molecule has 2 aromatic heterocycles. The Hall–Kier alpha value is -2.71. The van der Waals surface area contributed by atoms with Crippen LogP contribution in [0.15, 0.2) is 81.0 Å². The first-order chi connectivity index (χ1) is 14.7. The number of thioether (sulfide) groups is 1. The van der Waals surface area contributed by atoms with E-state index in [9.17, 15) is 0 Å². The summed E-state index contributed by atoms with van der Waals surface area (Å²) in [5.74, 6) is 3.72. The molecular formula is C22H20BrN3O3S. The Kier molecular flexibility index (Phi) is 6.76. The molecule has 0 bridgehead atoms. The fourth-order valence-electron chi connectivity index (χ4n) is 2.89. The minimum atomic E-state index is 0.552. The van der Waals surface area contributed by atoms with Crippen molar-refractivity contribution in [1.29, 1.82) is 0 Å². The van der Waals surface area contributed by atoms with Crippen molar-refractivity contribution in [1.82, 2.24) is 14.8 Å². The number of hydrogen-bond donors (Lipinski definition) is 0. The van der Waals surface area contributed by atoms with Crippen LogP contribution in [-0.2, 0) is 6.54 Å². The van der Waals surface area contributed by atoms with E-state index in [1.807, 2.05) is 54.6 Å². The number of ether oxygens (including phenoxy) is 2. The van der Waals surface area contributed by atoms with Crippen LogP contribution < -0.4 is 9.47 Å². The van der Waals surface area contributed by atoms with Crippen LogP contribution in [0.2, 0.25) is 0 Å². The van der Waals surface area contributed by atoms with Crippen molar-refractivity contribution in [2.45, 2.75) is 11.7 Å². The molecule has 30 heavy (non-hydrogen) atoms. The van der Waals surface area contributed by atoms with Crippen LogP contribution in [0.3, 0.4) is 0 Å². The molecule has 0 aliphatic carbocycles. The third-order valence-corrected chi connectivity index (χ3v) is 5.69. The summed E-state index contributed by atoms with van der Waals surface area (Å²) in [5.41, 5.74) is 1.17. The second kappa shape index (κ2) is 9.86. The summed E-state index contributed by atoms with van der Waals surface area (Å²) in [7, 11) is 1.65. The maximum absolute atomic E-state index is 5.82. The van der Waals surface area contributed by atoms with E-state index in [4.69, 9.17) is 13.9 Å². The van der Waals surface area contributed by atoms with E-state index >= 15 is 0 Å². The minimum absolute atomic E-state index is 0.552. The molecule has 0 saturated carbocycles. The molecule has 0 N–H and O–H groups in total. The van der Waals surface area contributed by atoms with Gasteiger partial charge in [-0.3, -0.25) is 4.57 Å². The van der Waals surface area contributed by atoms with Gasteiger partial charge in [0.15, 0.2) is 15.6 Å². The Morgan fingerprint density at radius 3 is 2.43 bits per heavy atom. The molecule has 0 aliphatic heterocycles. The predicted molar refractivity (Wildman–Crippen MR) is 120 cm³/mol. The van der Waals surface area contributed by atoms with Gasteiger partial charge in [-0.1, -0.05) is 42.1 Å². The average molecular weight is 486 g/mol. The van der Waals surface area contributed by atoms with Crippen molar-refractivity contribution in [2.24, 2.45) is 0 Å². The molecule has 0 fully saturated rings. The highest BCUT2D eigenvalue weighted by atomic mass is 79.9. The molecule has 0 unspecified atom stereocenters. The van der Waals surface area contributed by atoms with Crippen LogP contribution in [0.1, 0.15) is 5.56 Å². The third kappa shape index (κ3) is 5.06. The van der Waals surface area contributed by atoms with Gasteiger partial charge in [0.2, 0.25) is 5.82 Å². The number of halogens is 1. The van der Waals surface area contributed by atoms with Gasteiger partial charge in [-0.05, 0) is 57.9 Å². The first kappa shape index (κ1) is 20.6. The molecular weight excluding hydrogens is 466 g/mol. The molecule has 0 radical (unpaired) electrons. The normalized spacial score (nSPS) is 10.9. The van der Waals surface area contributed by atoms with Crippen LogP contribution in [0.4, 0.5) is 0 Å². The molecule has 154 valence electrons. The molecule has 8 heteroatoms. The van der Waals surface area contributed by atoms with Crippen molar-refractivity contribution >= 4 is 27.7 Å². The van der Waals surface area contributed by atoms with Gasteiger partial charge in [-0.25, -0.2) is 0 Å². The molecule has 0 atom stereocenters. The van der Waals surface area contributed by atoms with Gasteiger partial charge in [-0.2, -0.15) is 0 Å². The number of methoxy groups -OCH3 is 1. The topological polar surface area (TPSA) is 62.3 Å². The first-order valence-electron chi connectivity index (χ1n) is 9.35. The van der Waals surface area contributed by atoms with Gasteiger partial charge >= 0.3 is 0 Å². The van der Waals surface area contributed by atoms with E-state index in [2.05, 4.69) is 42.8 Å². The van der Waals surface area contributed by atoms with Gasteiger partial charge < -0.3 is 13.9 Å². The van der Waals surface area contributed by atoms with Gasteiger partial charge in [0, 0.05) is 5.75 Å². The number of furan rings is 1. The van der Waals surface area contributed by atoms with Crippen molar-refractivity contribution < 1.29 is 13.9 Å². The van der Waals surface area contributed by atoms with Crippen LogP contribution >= 0.6 is 27.7 Å². The Bertz CT molecular complexity index is 1080. The number of nitrogens with zero attached hydrogens (tertiary/aromatic N) is 3. The van der Waals surface area contributed by atoms with E-state index in [0.29, 0.717) is 29.4 Å². The standard InChI is InChI=1S/C22H20BrN3O3S/c1-27-17-7-9-18(10-8-17)28-13-14-30-22-25-24-21(19-11-12-20(23)29-19)26(22)15-16-5-3-2-4-6-16/h2-12H,13-15H2,1H3.